The fourth-order valence-corrected chi connectivity index (χ4v) is 3.81. The predicted molar refractivity (Wildman–Crippen MR) is 94.9 cm³/mol. The molecule has 0 aromatic carbocycles. The molecule has 138 valence electrons. The van der Waals surface area contributed by atoms with Crippen LogP contribution >= 0.6 is 0 Å². The maximum absolute atomic E-state index is 12.1. The number of anilines is 2. The van der Waals surface area contributed by atoms with Gasteiger partial charge >= 0.3 is 5.97 Å². The van der Waals surface area contributed by atoms with Crippen LogP contribution in [0.25, 0.3) is 0 Å². The van der Waals surface area contributed by atoms with E-state index in [1.54, 1.807) is 12.3 Å². The van der Waals surface area contributed by atoms with Crippen LogP contribution in [0.15, 0.2) is 12.3 Å². The van der Waals surface area contributed by atoms with Crippen molar-refractivity contribution in [3.05, 3.63) is 12.3 Å². The van der Waals surface area contributed by atoms with Crippen LogP contribution in [0, 0.1) is 11.8 Å². The molecule has 0 spiro atoms. The lowest BCUT2D eigenvalue weighted by Gasteiger charge is -2.50. The van der Waals surface area contributed by atoms with Gasteiger partial charge in [-0.3, -0.25) is 4.79 Å². The topological polar surface area (TPSA) is 102 Å². The summed E-state index contributed by atoms with van der Waals surface area (Å²) < 4.78 is 5.42. The number of nitrogens with two attached hydrogens (primary N) is 1. The molecule has 2 fully saturated rings. The Morgan fingerprint density at radius 1 is 1.36 bits per heavy atom. The highest BCUT2D eigenvalue weighted by Crippen LogP contribution is 2.47. The molecule has 1 saturated carbocycles. The third-order valence-electron chi connectivity index (χ3n) is 5.14. The van der Waals surface area contributed by atoms with Crippen molar-refractivity contribution in [3.8, 4) is 0 Å². The second-order valence-electron chi connectivity index (χ2n) is 8.29. The number of aromatic nitrogens is 2. The van der Waals surface area contributed by atoms with Crippen molar-refractivity contribution in [2.45, 2.75) is 57.7 Å². The fourth-order valence-electron chi connectivity index (χ4n) is 3.81. The summed E-state index contributed by atoms with van der Waals surface area (Å²) >= 11 is 0. The van der Waals surface area contributed by atoms with Crippen LogP contribution < -0.4 is 10.6 Å². The molecule has 3 N–H and O–H groups in total. The molecule has 1 aliphatic heterocycles. The summed E-state index contributed by atoms with van der Waals surface area (Å²) in [7, 11) is 0. The number of hydrogen-bond acceptors (Lipinski definition) is 7. The van der Waals surface area contributed by atoms with Crippen molar-refractivity contribution in [2.24, 2.45) is 11.8 Å². The lowest BCUT2D eigenvalue weighted by Crippen LogP contribution is -2.55. The number of nitrogen functional groups attached to an aromatic ring is 1. The first-order chi connectivity index (χ1) is 11.7. The van der Waals surface area contributed by atoms with Gasteiger partial charge in [-0.05, 0) is 58.4 Å². The Labute approximate surface area is 148 Å². The lowest BCUT2D eigenvalue weighted by molar-refractivity contribution is -0.183. The number of nitrogens with zero attached hydrogens (tertiary/aromatic N) is 3. The number of carbonyl (C=O) groups excluding carboxylic acids is 1. The molecule has 0 atom stereocenters. The molecule has 1 aromatic heterocycles. The third-order valence-corrected chi connectivity index (χ3v) is 5.14. The number of rotatable bonds is 3. The van der Waals surface area contributed by atoms with Gasteiger partial charge in [0.1, 0.15) is 11.4 Å². The van der Waals surface area contributed by atoms with Gasteiger partial charge in [-0.2, -0.15) is 4.98 Å². The van der Waals surface area contributed by atoms with E-state index in [1.807, 2.05) is 20.8 Å². The molecule has 25 heavy (non-hydrogen) atoms. The van der Waals surface area contributed by atoms with Crippen LogP contribution in [-0.4, -0.2) is 45.3 Å². The first-order valence-corrected chi connectivity index (χ1v) is 8.95. The Hall–Kier alpha value is -1.89. The van der Waals surface area contributed by atoms with Gasteiger partial charge in [0.05, 0.1) is 11.5 Å². The molecule has 7 heteroatoms. The monoisotopic (exact) mass is 348 g/mol. The van der Waals surface area contributed by atoms with Gasteiger partial charge < -0.3 is 20.5 Å². The molecule has 0 radical (unpaired) electrons. The minimum absolute atomic E-state index is 0.181. The van der Waals surface area contributed by atoms with Crippen LogP contribution in [0.2, 0.25) is 0 Å². The van der Waals surface area contributed by atoms with Crippen LogP contribution in [0.1, 0.15) is 46.5 Å². The van der Waals surface area contributed by atoms with Crippen LogP contribution in [0.4, 0.5) is 11.8 Å². The molecule has 1 aromatic rings. The number of esters is 1. The highest BCUT2D eigenvalue weighted by Gasteiger charge is 2.52. The van der Waals surface area contributed by atoms with E-state index in [1.165, 1.54) is 0 Å². The minimum atomic E-state index is -0.746. The van der Waals surface area contributed by atoms with E-state index in [0.717, 1.165) is 25.9 Å². The minimum Gasteiger partial charge on any atom is -0.460 e. The van der Waals surface area contributed by atoms with Crippen LogP contribution in [0.3, 0.4) is 0 Å². The molecule has 2 aliphatic rings. The predicted octanol–water partition coefficient (Wildman–Crippen LogP) is 1.76. The zero-order chi connectivity index (χ0) is 18.2. The molecule has 0 bridgehead atoms. The smallest absolute Gasteiger partial charge is 0.309 e. The standard InChI is InChI=1S/C18H28N4O3/c1-17(2,3)25-15(23)12-10-18(24,11-12)13-5-8-22(9-6-13)16-20-7-4-14(19)21-16/h4,7,12-13,24H,5-6,8-11H2,1-3H3,(H2,19,20,21). The normalized spacial score (nSPS) is 27.7. The quantitative estimate of drug-likeness (QED) is 0.803. The van der Waals surface area contributed by atoms with E-state index in [-0.39, 0.29) is 17.8 Å². The van der Waals surface area contributed by atoms with Crippen molar-refractivity contribution in [3.63, 3.8) is 0 Å². The molecular formula is C18H28N4O3. The Bertz CT molecular complexity index is 629. The van der Waals surface area contributed by atoms with Crippen LogP contribution in [-0.2, 0) is 9.53 Å². The molecule has 0 amide bonds. The van der Waals surface area contributed by atoms with Crippen LogP contribution in [0.5, 0.6) is 0 Å². The average Bonchev–Trinajstić information content (AvgIpc) is 2.50. The van der Waals surface area contributed by atoms with Gasteiger partial charge in [0.2, 0.25) is 5.95 Å². The SMILES string of the molecule is CC(C)(C)OC(=O)C1CC(O)(C2CCN(c3nccc(N)n3)CC2)C1. The van der Waals surface area contributed by atoms with Gasteiger partial charge in [0.15, 0.2) is 0 Å². The van der Waals surface area contributed by atoms with E-state index in [9.17, 15) is 9.90 Å². The van der Waals surface area contributed by atoms with Crippen molar-refractivity contribution in [1.82, 2.24) is 9.97 Å². The van der Waals surface area contributed by atoms with E-state index in [4.69, 9.17) is 10.5 Å². The van der Waals surface area contributed by atoms with E-state index in [0.29, 0.717) is 24.6 Å². The highest BCUT2D eigenvalue weighted by molar-refractivity contribution is 5.74. The maximum atomic E-state index is 12.1. The molecule has 3 rings (SSSR count). The molecule has 7 nitrogen and oxygen atoms in total. The molecule has 0 unspecified atom stereocenters. The van der Waals surface area contributed by atoms with Gasteiger partial charge in [0.25, 0.3) is 0 Å². The van der Waals surface area contributed by atoms with E-state index in [2.05, 4.69) is 14.9 Å². The zero-order valence-electron chi connectivity index (χ0n) is 15.2. The molecule has 1 aliphatic carbocycles. The highest BCUT2D eigenvalue weighted by atomic mass is 16.6. The summed E-state index contributed by atoms with van der Waals surface area (Å²) in [5, 5.41) is 10.9. The first-order valence-electron chi connectivity index (χ1n) is 8.95. The fraction of sp³-hybridized carbons (Fsp3) is 0.722. The first kappa shape index (κ1) is 17.9. The average molecular weight is 348 g/mol. The summed E-state index contributed by atoms with van der Waals surface area (Å²) in [6, 6.07) is 1.67. The van der Waals surface area contributed by atoms with Crippen molar-refractivity contribution < 1.29 is 14.6 Å². The molecule has 2 heterocycles. The van der Waals surface area contributed by atoms with Crippen molar-refractivity contribution in [1.29, 1.82) is 0 Å². The molecular weight excluding hydrogens is 320 g/mol. The largest absolute Gasteiger partial charge is 0.460 e. The summed E-state index contributed by atoms with van der Waals surface area (Å²) in [6.07, 6.45) is 4.38. The van der Waals surface area contributed by atoms with Gasteiger partial charge in [-0.25, -0.2) is 4.98 Å². The lowest BCUT2D eigenvalue weighted by atomic mass is 9.62. The number of piperidine rings is 1. The van der Waals surface area contributed by atoms with Gasteiger partial charge in [0, 0.05) is 19.3 Å². The van der Waals surface area contributed by atoms with E-state index >= 15 is 0 Å². The Morgan fingerprint density at radius 2 is 2.00 bits per heavy atom. The third kappa shape index (κ3) is 4.03. The summed E-state index contributed by atoms with van der Waals surface area (Å²) in [4.78, 5) is 22.7. The Morgan fingerprint density at radius 3 is 2.56 bits per heavy atom. The number of ether oxygens (including phenoxy) is 1. The molecule has 1 saturated heterocycles. The summed E-state index contributed by atoms with van der Waals surface area (Å²) in [5.41, 5.74) is 4.49. The number of carbonyl (C=O) groups is 1. The van der Waals surface area contributed by atoms with Crippen molar-refractivity contribution >= 4 is 17.7 Å². The Balaban J connectivity index is 1.51. The van der Waals surface area contributed by atoms with Gasteiger partial charge in [-0.15, -0.1) is 0 Å². The van der Waals surface area contributed by atoms with Crippen molar-refractivity contribution in [2.75, 3.05) is 23.7 Å². The second-order valence-corrected chi connectivity index (χ2v) is 8.29. The summed E-state index contributed by atoms with van der Waals surface area (Å²) in [5.74, 6) is 0.932. The number of hydrogen-bond donors (Lipinski definition) is 2. The van der Waals surface area contributed by atoms with E-state index < -0.39 is 11.2 Å². The second kappa shape index (κ2) is 6.44. The maximum Gasteiger partial charge on any atom is 0.309 e. The van der Waals surface area contributed by atoms with Gasteiger partial charge in [-0.1, -0.05) is 0 Å². The zero-order valence-corrected chi connectivity index (χ0v) is 15.2. The Kier molecular flexibility index (Phi) is 4.62. The summed E-state index contributed by atoms with van der Waals surface area (Å²) in [6.45, 7) is 7.17. The number of aliphatic hydroxyl groups is 1.